The summed E-state index contributed by atoms with van der Waals surface area (Å²) >= 11 is 0. The van der Waals surface area contributed by atoms with Crippen molar-refractivity contribution >= 4 is 16.7 Å². The minimum absolute atomic E-state index is 0.163. The van der Waals surface area contributed by atoms with Gasteiger partial charge < -0.3 is 0 Å². The zero-order valence-corrected chi connectivity index (χ0v) is 13.4. The molecule has 0 bridgehead atoms. The Labute approximate surface area is 120 Å². The molecule has 106 valence electrons. The maximum absolute atomic E-state index is 11.2. The first-order valence-corrected chi connectivity index (χ1v) is 9.27. The van der Waals surface area contributed by atoms with Crippen molar-refractivity contribution in [3.8, 4) is 0 Å². The Hall–Kier alpha value is -0.500. The number of hydrogen-bond donors (Lipinski definition) is 0. The number of carbonyl (C=O) groups excluding carboxylic acids is 1. The van der Waals surface area contributed by atoms with Crippen LogP contribution >= 0.6 is 0 Å². The molecule has 1 saturated heterocycles. The molecule has 0 unspecified atom stereocenters. The molecule has 2 aliphatic rings. The molecule has 19 heavy (non-hydrogen) atoms. The normalized spacial score (nSPS) is 24.4. The molecule has 1 aliphatic heterocycles. The predicted molar refractivity (Wildman–Crippen MR) is 85.7 cm³/mol. The summed E-state index contributed by atoms with van der Waals surface area (Å²) in [5.74, 6) is 4.35. The van der Waals surface area contributed by atoms with Gasteiger partial charge in [-0.25, -0.2) is 0 Å². The SMILES string of the molecule is CC(=O)/C=C/C1=C(C[S+]2CCCC2)CCCC1(C)C. The van der Waals surface area contributed by atoms with Crippen molar-refractivity contribution in [1.29, 1.82) is 0 Å². The van der Waals surface area contributed by atoms with Crippen LogP contribution in [0.15, 0.2) is 23.3 Å². The molecule has 0 aromatic carbocycles. The fourth-order valence-electron chi connectivity index (χ4n) is 3.29. The van der Waals surface area contributed by atoms with E-state index in [9.17, 15) is 4.79 Å². The monoisotopic (exact) mass is 279 g/mol. The van der Waals surface area contributed by atoms with Gasteiger partial charge in [0.2, 0.25) is 0 Å². The highest BCUT2D eigenvalue weighted by Gasteiger charge is 2.32. The van der Waals surface area contributed by atoms with Crippen LogP contribution in [-0.2, 0) is 15.7 Å². The lowest BCUT2D eigenvalue weighted by molar-refractivity contribution is -0.112. The van der Waals surface area contributed by atoms with E-state index in [1.807, 2.05) is 0 Å². The van der Waals surface area contributed by atoms with E-state index in [1.54, 1.807) is 18.6 Å². The third-order valence-corrected chi connectivity index (χ3v) is 6.86. The lowest BCUT2D eigenvalue weighted by atomic mass is 9.72. The van der Waals surface area contributed by atoms with Crippen LogP contribution in [-0.4, -0.2) is 23.0 Å². The molecule has 2 heteroatoms. The first-order valence-electron chi connectivity index (χ1n) is 7.54. The van der Waals surface area contributed by atoms with Gasteiger partial charge in [-0.1, -0.05) is 19.9 Å². The molecule has 1 nitrogen and oxygen atoms in total. The van der Waals surface area contributed by atoms with E-state index in [4.69, 9.17) is 0 Å². The van der Waals surface area contributed by atoms with Crippen molar-refractivity contribution in [3.63, 3.8) is 0 Å². The van der Waals surface area contributed by atoms with E-state index in [0.717, 1.165) is 0 Å². The quantitative estimate of drug-likeness (QED) is 0.560. The van der Waals surface area contributed by atoms with Crippen LogP contribution in [0.25, 0.3) is 0 Å². The molecule has 1 aliphatic carbocycles. The van der Waals surface area contributed by atoms with Gasteiger partial charge in [0.05, 0.1) is 0 Å². The van der Waals surface area contributed by atoms with Crippen LogP contribution in [0.5, 0.6) is 0 Å². The maximum atomic E-state index is 11.2. The average molecular weight is 279 g/mol. The second kappa shape index (κ2) is 6.30. The van der Waals surface area contributed by atoms with Gasteiger partial charge in [0.15, 0.2) is 5.78 Å². The summed E-state index contributed by atoms with van der Waals surface area (Å²) in [6.07, 6.45) is 10.6. The Morgan fingerprint density at radius 3 is 2.58 bits per heavy atom. The van der Waals surface area contributed by atoms with Gasteiger partial charge in [-0.15, -0.1) is 0 Å². The molecule has 0 atom stereocenters. The number of rotatable bonds is 4. The Balaban J connectivity index is 2.22. The van der Waals surface area contributed by atoms with Crippen LogP contribution in [0.3, 0.4) is 0 Å². The van der Waals surface area contributed by atoms with E-state index in [2.05, 4.69) is 19.9 Å². The van der Waals surface area contributed by atoms with Crippen LogP contribution < -0.4 is 0 Å². The van der Waals surface area contributed by atoms with Gasteiger partial charge in [0.1, 0.15) is 17.3 Å². The van der Waals surface area contributed by atoms with Crippen molar-refractivity contribution in [3.05, 3.63) is 23.3 Å². The van der Waals surface area contributed by atoms with E-state index in [1.165, 1.54) is 54.9 Å². The Kier molecular flexibility index (Phi) is 4.94. The van der Waals surface area contributed by atoms with Gasteiger partial charge in [0.25, 0.3) is 0 Å². The Morgan fingerprint density at radius 2 is 1.95 bits per heavy atom. The summed E-state index contributed by atoms with van der Waals surface area (Å²) in [6.45, 7) is 6.32. The van der Waals surface area contributed by atoms with Crippen molar-refractivity contribution in [2.75, 3.05) is 17.3 Å². The van der Waals surface area contributed by atoms with Crippen LogP contribution in [0, 0.1) is 5.41 Å². The second-order valence-corrected chi connectivity index (χ2v) is 8.90. The summed E-state index contributed by atoms with van der Waals surface area (Å²) in [7, 11) is 0.630. The van der Waals surface area contributed by atoms with E-state index >= 15 is 0 Å². The van der Waals surface area contributed by atoms with Crippen LogP contribution in [0.1, 0.15) is 52.9 Å². The fourth-order valence-corrected chi connectivity index (χ4v) is 5.80. The molecular formula is C17H27OS+. The Bertz CT molecular complexity index is 397. The second-order valence-electron chi connectivity index (χ2n) is 6.57. The third-order valence-electron chi connectivity index (χ3n) is 4.37. The number of carbonyl (C=O) groups is 1. The van der Waals surface area contributed by atoms with Gasteiger partial charge in [-0.2, -0.15) is 0 Å². The standard InChI is InChI=1S/C17H27OS/c1-14(18)8-9-16-15(7-6-10-17(16,2)3)13-19-11-4-5-12-19/h8-9H,4-7,10-13H2,1-3H3/q+1/b9-8+. The molecule has 0 N–H and O–H groups in total. The highest BCUT2D eigenvalue weighted by molar-refractivity contribution is 7.97. The molecule has 2 rings (SSSR count). The lowest BCUT2D eigenvalue weighted by Gasteiger charge is -2.33. The predicted octanol–water partition coefficient (Wildman–Crippen LogP) is 4.05. The summed E-state index contributed by atoms with van der Waals surface area (Å²) in [6, 6.07) is 0. The van der Waals surface area contributed by atoms with Gasteiger partial charge >= 0.3 is 0 Å². The van der Waals surface area contributed by atoms with Crippen molar-refractivity contribution < 1.29 is 4.79 Å². The highest BCUT2D eigenvalue weighted by atomic mass is 32.2. The Morgan fingerprint density at radius 1 is 1.26 bits per heavy atom. The van der Waals surface area contributed by atoms with Crippen LogP contribution in [0.4, 0.5) is 0 Å². The summed E-state index contributed by atoms with van der Waals surface area (Å²) in [5.41, 5.74) is 3.37. The number of ketones is 1. The molecule has 1 fully saturated rings. The zero-order chi connectivity index (χ0) is 13.9. The highest BCUT2D eigenvalue weighted by Crippen LogP contribution is 2.41. The molecule has 0 spiro atoms. The minimum atomic E-state index is 0.163. The first-order chi connectivity index (χ1) is 8.99. The summed E-state index contributed by atoms with van der Waals surface area (Å²) in [4.78, 5) is 11.2. The topological polar surface area (TPSA) is 17.1 Å². The zero-order valence-electron chi connectivity index (χ0n) is 12.6. The lowest BCUT2D eigenvalue weighted by Crippen LogP contribution is -2.23. The largest absolute Gasteiger partial charge is 0.295 e. The fraction of sp³-hybridized carbons (Fsp3) is 0.706. The van der Waals surface area contributed by atoms with Crippen molar-refractivity contribution in [2.24, 2.45) is 5.41 Å². The number of allylic oxidation sites excluding steroid dienone is 3. The van der Waals surface area contributed by atoms with E-state index in [-0.39, 0.29) is 11.2 Å². The van der Waals surface area contributed by atoms with E-state index in [0.29, 0.717) is 10.9 Å². The minimum Gasteiger partial charge on any atom is -0.295 e. The molecule has 0 amide bonds. The average Bonchev–Trinajstić information content (AvgIpc) is 2.79. The van der Waals surface area contributed by atoms with Gasteiger partial charge in [-0.3, -0.25) is 4.79 Å². The molecule has 1 heterocycles. The van der Waals surface area contributed by atoms with Gasteiger partial charge in [-0.05, 0) is 72.6 Å². The summed E-state index contributed by atoms with van der Waals surface area (Å²) in [5, 5.41) is 0. The molecule has 0 aromatic heterocycles. The molecule has 0 aromatic rings. The van der Waals surface area contributed by atoms with Gasteiger partial charge in [0, 0.05) is 0 Å². The third kappa shape index (κ3) is 3.98. The smallest absolute Gasteiger partial charge is 0.152 e. The summed E-state index contributed by atoms with van der Waals surface area (Å²) < 4.78 is 0. The maximum Gasteiger partial charge on any atom is 0.152 e. The molecular weight excluding hydrogens is 252 g/mol. The van der Waals surface area contributed by atoms with Crippen LogP contribution in [0.2, 0.25) is 0 Å². The van der Waals surface area contributed by atoms with E-state index < -0.39 is 0 Å². The van der Waals surface area contributed by atoms with Crippen molar-refractivity contribution in [1.82, 2.24) is 0 Å². The molecule has 0 radical (unpaired) electrons. The molecule has 0 saturated carbocycles. The number of hydrogen-bond acceptors (Lipinski definition) is 1. The van der Waals surface area contributed by atoms with Crippen molar-refractivity contribution in [2.45, 2.75) is 52.9 Å². The first kappa shape index (κ1) is 14.9.